The van der Waals surface area contributed by atoms with Crippen molar-refractivity contribution in [1.82, 2.24) is 15.6 Å². The Labute approximate surface area is 177 Å². The minimum atomic E-state index is 0. The molecular formula is C19H29IN4OS. The van der Waals surface area contributed by atoms with Gasteiger partial charge in [-0.15, -0.1) is 35.3 Å². The van der Waals surface area contributed by atoms with Crippen LogP contribution in [0.25, 0.3) is 10.6 Å². The van der Waals surface area contributed by atoms with Gasteiger partial charge in [0.2, 0.25) is 0 Å². The lowest BCUT2D eigenvalue weighted by Gasteiger charge is -2.10. The van der Waals surface area contributed by atoms with Gasteiger partial charge in [-0.05, 0) is 20.3 Å². The molecule has 0 atom stereocenters. The smallest absolute Gasteiger partial charge is 0.191 e. The summed E-state index contributed by atoms with van der Waals surface area (Å²) < 4.78 is 5.05. The second kappa shape index (κ2) is 13.1. The van der Waals surface area contributed by atoms with Crippen molar-refractivity contribution in [3.63, 3.8) is 0 Å². The summed E-state index contributed by atoms with van der Waals surface area (Å²) in [7, 11) is 1.71. The minimum Gasteiger partial charge on any atom is -0.385 e. The Kier molecular flexibility index (Phi) is 11.5. The number of aromatic nitrogens is 1. The van der Waals surface area contributed by atoms with Crippen LogP contribution in [0.15, 0.2) is 34.6 Å². The number of hydrogen-bond acceptors (Lipinski definition) is 4. The minimum absolute atomic E-state index is 0. The van der Waals surface area contributed by atoms with Crippen molar-refractivity contribution in [2.45, 2.75) is 26.7 Å². The molecule has 7 heteroatoms. The summed E-state index contributed by atoms with van der Waals surface area (Å²) in [5, 5.41) is 9.84. The number of guanidine groups is 1. The number of aryl methyl sites for hydroxylation is 1. The SMILES string of the molecule is CCNC(=NCCCOC)NCCc1csc(-c2ccc(C)cc2)n1.I. The number of nitrogens with zero attached hydrogens (tertiary/aromatic N) is 2. The molecule has 0 fully saturated rings. The summed E-state index contributed by atoms with van der Waals surface area (Å²) in [6.07, 6.45) is 1.81. The van der Waals surface area contributed by atoms with E-state index in [1.807, 2.05) is 0 Å². The third-order valence-corrected chi connectivity index (χ3v) is 4.58. The first kappa shape index (κ1) is 22.9. The molecule has 0 bridgehead atoms. The summed E-state index contributed by atoms with van der Waals surface area (Å²) in [5.41, 5.74) is 3.57. The van der Waals surface area contributed by atoms with Crippen molar-refractivity contribution in [1.29, 1.82) is 0 Å². The van der Waals surface area contributed by atoms with Gasteiger partial charge in [0.1, 0.15) is 5.01 Å². The molecule has 26 heavy (non-hydrogen) atoms. The number of rotatable bonds is 9. The van der Waals surface area contributed by atoms with Crippen LogP contribution in [-0.2, 0) is 11.2 Å². The lowest BCUT2D eigenvalue weighted by Crippen LogP contribution is -2.38. The standard InChI is InChI=1S/C19H28N4OS.HI/c1-4-20-19(21-11-5-13-24-3)22-12-10-17-14-25-18(23-17)16-8-6-15(2)7-9-16;/h6-9,14H,4-5,10-13H2,1-3H3,(H2,20,21,22);1H. The molecule has 0 amide bonds. The van der Waals surface area contributed by atoms with E-state index < -0.39 is 0 Å². The summed E-state index contributed by atoms with van der Waals surface area (Å²) in [6, 6.07) is 8.51. The molecule has 2 N–H and O–H groups in total. The van der Waals surface area contributed by atoms with Crippen molar-refractivity contribution < 1.29 is 4.74 Å². The number of aliphatic imine (C=N–C) groups is 1. The third-order valence-electron chi connectivity index (χ3n) is 3.64. The van der Waals surface area contributed by atoms with Crippen molar-refractivity contribution >= 4 is 41.3 Å². The molecule has 5 nitrogen and oxygen atoms in total. The second-order valence-corrected chi connectivity index (χ2v) is 6.65. The Balaban J connectivity index is 0.00000338. The molecule has 0 unspecified atom stereocenters. The van der Waals surface area contributed by atoms with E-state index in [9.17, 15) is 0 Å². The zero-order valence-electron chi connectivity index (χ0n) is 15.7. The lowest BCUT2D eigenvalue weighted by molar-refractivity contribution is 0.197. The molecule has 1 aromatic carbocycles. The normalized spacial score (nSPS) is 11.1. The Morgan fingerprint density at radius 2 is 2.00 bits per heavy atom. The molecule has 0 aliphatic carbocycles. The monoisotopic (exact) mass is 488 g/mol. The number of hydrogen-bond donors (Lipinski definition) is 2. The maximum absolute atomic E-state index is 5.05. The summed E-state index contributed by atoms with van der Waals surface area (Å²) in [5.74, 6) is 0.854. The topological polar surface area (TPSA) is 58.5 Å². The van der Waals surface area contributed by atoms with E-state index >= 15 is 0 Å². The zero-order chi connectivity index (χ0) is 17.9. The average molecular weight is 488 g/mol. The van der Waals surface area contributed by atoms with Crippen LogP contribution in [0.3, 0.4) is 0 Å². The maximum atomic E-state index is 5.05. The average Bonchev–Trinajstić information content (AvgIpc) is 3.08. The summed E-state index contributed by atoms with van der Waals surface area (Å²) in [4.78, 5) is 9.28. The molecule has 2 rings (SSSR count). The molecule has 2 aromatic rings. The van der Waals surface area contributed by atoms with Crippen LogP contribution in [0.2, 0.25) is 0 Å². The van der Waals surface area contributed by atoms with Gasteiger partial charge in [0.15, 0.2) is 5.96 Å². The number of halogens is 1. The van der Waals surface area contributed by atoms with Gasteiger partial charge < -0.3 is 15.4 Å². The predicted octanol–water partition coefficient (Wildman–Crippen LogP) is 3.87. The molecule has 0 spiro atoms. The van der Waals surface area contributed by atoms with Gasteiger partial charge in [0.05, 0.1) is 5.69 Å². The molecule has 0 radical (unpaired) electrons. The Morgan fingerprint density at radius 1 is 1.23 bits per heavy atom. The van der Waals surface area contributed by atoms with Gasteiger partial charge in [-0.1, -0.05) is 29.8 Å². The van der Waals surface area contributed by atoms with Crippen molar-refractivity contribution in [3.8, 4) is 10.6 Å². The Morgan fingerprint density at radius 3 is 2.69 bits per heavy atom. The fourth-order valence-corrected chi connectivity index (χ4v) is 3.16. The van der Waals surface area contributed by atoms with E-state index in [4.69, 9.17) is 9.72 Å². The molecule has 0 aliphatic heterocycles. The number of methoxy groups -OCH3 is 1. The Bertz CT molecular complexity index is 658. The zero-order valence-corrected chi connectivity index (χ0v) is 18.9. The van der Waals surface area contributed by atoms with E-state index in [0.29, 0.717) is 0 Å². The van der Waals surface area contributed by atoms with Gasteiger partial charge in [0, 0.05) is 50.7 Å². The largest absolute Gasteiger partial charge is 0.385 e. The molecule has 0 saturated carbocycles. The van der Waals surface area contributed by atoms with Gasteiger partial charge >= 0.3 is 0 Å². The number of ether oxygens (including phenoxy) is 1. The number of nitrogens with one attached hydrogen (secondary N) is 2. The first-order chi connectivity index (χ1) is 12.2. The highest BCUT2D eigenvalue weighted by Crippen LogP contribution is 2.24. The van der Waals surface area contributed by atoms with Crippen LogP contribution in [0.1, 0.15) is 24.6 Å². The maximum Gasteiger partial charge on any atom is 0.191 e. The van der Waals surface area contributed by atoms with Crippen LogP contribution >= 0.6 is 35.3 Å². The van der Waals surface area contributed by atoms with Gasteiger partial charge in [-0.25, -0.2) is 4.98 Å². The Hall–Kier alpha value is -1.19. The van der Waals surface area contributed by atoms with E-state index in [0.717, 1.165) is 55.7 Å². The molecule has 1 aromatic heterocycles. The van der Waals surface area contributed by atoms with Gasteiger partial charge in [-0.2, -0.15) is 0 Å². The molecule has 144 valence electrons. The second-order valence-electron chi connectivity index (χ2n) is 5.79. The fourth-order valence-electron chi connectivity index (χ4n) is 2.30. The first-order valence-electron chi connectivity index (χ1n) is 8.75. The molecule has 0 saturated heterocycles. The molecule has 0 aliphatic rings. The predicted molar refractivity (Wildman–Crippen MR) is 122 cm³/mol. The van der Waals surface area contributed by atoms with E-state index in [1.54, 1.807) is 18.4 Å². The molecular weight excluding hydrogens is 459 g/mol. The van der Waals surface area contributed by atoms with E-state index in [2.05, 4.69) is 59.1 Å². The highest BCUT2D eigenvalue weighted by molar-refractivity contribution is 14.0. The van der Waals surface area contributed by atoms with Crippen LogP contribution < -0.4 is 10.6 Å². The lowest BCUT2D eigenvalue weighted by atomic mass is 10.2. The van der Waals surface area contributed by atoms with Gasteiger partial charge in [0.25, 0.3) is 0 Å². The van der Waals surface area contributed by atoms with Crippen LogP contribution in [0.4, 0.5) is 0 Å². The van der Waals surface area contributed by atoms with Crippen molar-refractivity contribution in [3.05, 3.63) is 40.9 Å². The first-order valence-corrected chi connectivity index (χ1v) is 9.63. The van der Waals surface area contributed by atoms with Gasteiger partial charge in [-0.3, -0.25) is 4.99 Å². The fraction of sp³-hybridized carbons (Fsp3) is 0.474. The van der Waals surface area contributed by atoms with Crippen molar-refractivity contribution in [2.24, 2.45) is 4.99 Å². The third kappa shape index (κ3) is 8.01. The summed E-state index contributed by atoms with van der Waals surface area (Å²) in [6.45, 7) is 7.33. The molecule has 1 heterocycles. The van der Waals surface area contributed by atoms with Crippen LogP contribution in [0.5, 0.6) is 0 Å². The van der Waals surface area contributed by atoms with Crippen LogP contribution in [-0.4, -0.2) is 44.3 Å². The van der Waals surface area contributed by atoms with Crippen molar-refractivity contribution in [2.75, 3.05) is 33.4 Å². The summed E-state index contributed by atoms with van der Waals surface area (Å²) >= 11 is 1.70. The highest BCUT2D eigenvalue weighted by atomic mass is 127. The van der Waals surface area contributed by atoms with Crippen LogP contribution in [0, 0.1) is 6.92 Å². The van der Waals surface area contributed by atoms with E-state index in [1.165, 1.54) is 11.1 Å². The van der Waals surface area contributed by atoms with E-state index in [-0.39, 0.29) is 24.0 Å². The highest BCUT2D eigenvalue weighted by Gasteiger charge is 2.05. The quantitative estimate of drug-likeness (QED) is 0.244. The number of benzene rings is 1. The number of thiazole rings is 1.